The lowest BCUT2D eigenvalue weighted by atomic mass is 10.1. The van der Waals surface area contributed by atoms with Crippen molar-refractivity contribution in [2.75, 3.05) is 0 Å². The Morgan fingerprint density at radius 1 is 1.75 bits per heavy atom. The van der Waals surface area contributed by atoms with Gasteiger partial charge in [0.1, 0.15) is 0 Å². The lowest BCUT2D eigenvalue weighted by Gasteiger charge is -2.11. The molecule has 0 spiro atoms. The maximum atomic E-state index is 10.7. The second-order valence-electron chi connectivity index (χ2n) is 2.89. The summed E-state index contributed by atoms with van der Waals surface area (Å²) in [6.07, 6.45) is -0.227. The number of aliphatic hydroxyl groups excluding tert-OH is 1. The standard InChI is InChI=1S/C7H11NO4/c9-5(7(11)12)3-4-1-2-6(10)8-4/h4-5,9H,1-3H2,(H,8,10)(H,11,12). The number of carboxylic acid groups (broad SMARTS) is 1. The van der Waals surface area contributed by atoms with Crippen LogP contribution in [0.15, 0.2) is 0 Å². The summed E-state index contributed by atoms with van der Waals surface area (Å²) < 4.78 is 0. The second-order valence-corrected chi connectivity index (χ2v) is 2.89. The average molecular weight is 173 g/mol. The van der Waals surface area contributed by atoms with Gasteiger partial charge in [-0.3, -0.25) is 4.79 Å². The maximum Gasteiger partial charge on any atom is 0.332 e. The van der Waals surface area contributed by atoms with Crippen LogP contribution >= 0.6 is 0 Å². The van der Waals surface area contributed by atoms with Crippen LogP contribution in [0.4, 0.5) is 0 Å². The maximum absolute atomic E-state index is 10.7. The number of carbonyl (C=O) groups excluding carboxylic acids is 1. The number of hydrogen-bond acceptors (Lipinski definition) is 3. The molecule has 12 heavy (non-hydrogen) atoms. The predicted molar refractivity (Wildman–Crippen MR) is 39.4 cm³/mol. The van der Waals surface area contributed by atoms with E-state index < -0.39 is 12.1 Å². The number of carbonyl (C=O) groups is 2. The largest absolute Gasteiger partial charge is 0.479 e. The first kappa shape index (κ1) is 8.99. The molecule has 1 fully saturated rings. The third-order valence-electron chi connectivity index (χ3n) is 1.88. The van der Waals surface area contributed by atoms with Crippen LogP contribution < -0.4 is 5.32 Å². The number of amides is 1. The fourth-order valence-corrected chi connectivity index (χ4v) is 1.22. The molecule has 1 aliphatic heterocycles. The summed E-state index contributed by atoms with van der Waals surface area (Å²) in [5.41, 5.74) is 0. The van der Waals surface area contributed by atoms with Crippen LogP contribution in [-0.4, -0.2) is 34.2 Å². The Kier molecular flexibility index (Phi) is 2.65. The van der Waals surface area contributed by atoms with Gasteiger partial charge < -0.3 is 15.5 Å². The SMILES string of the molecule is O=C1CCC(CC(O)C(=O)O)N1. The van der Waals surface area contributed by atoms with Crippen molar-refractivity contribution in [1.29, 1.82) is 0 Å². The van der Waals surface area contributed by atoms with Gasteiger partial charge >= 0.3 is 5.97 Å². The van der Waals surface area contributed by atoms with E-state index in [1.54, 1.807) is 0 Å². The van der Waals surface area contributed by atoms with Gasteiger partial charge in [-0.15, -0.1) is 0 Å². The molecule has 0 aromatic carbocycles. The van der Waals surface area contributed by atoms with E-state index >= 15 is 0 Å². The van der Waals surface area contributed by atoms with E-state index in [0.717, 1.165) is 0 Å². The molecule has 1 saturated heterocycles. The highest BCUT2D eigenvalue weighted by Crippen LogP contribution is 2.11. The molecule has 5 nitrogen and oxygen atoms in total. The first-order valence-corrected chi connectivity index (χ1v) is 3.80. The van der Waals surface area contributed by atoms with Crippen LogP contribution in [0.1, 0.15) is 19.3 Å². The van der Waals surface area contributed by atoms with Gasteiger partial charge in [0.05, 0.1) is 0 Å². The Morgan fingerprint density at radius 3 is 2.83 bits per heavy atom. The van der Waals surface area contributed by atoms with E-state index in [4.69, 9.17) is 10.2 Å². The molecule has 0 radical (unpaired) electrons. The number of nitrogens with one attached hydrogen (secondary N) is 1. The van der Waals surface area contributed by atoms with Gasteiger partial charge in [-0.1, -0.05) is 0 Å². The molecule has 2 atom stereocenters. The van der Waals surface area contributed by atoms with Crippen LogP contribution in [-0.2, 0) is 9.59 Å². The molecule has 2 unspecified atom stereocenters. The van der Waals surface area contributed by atoms with Crippen molar-refractivity contribution in [3.8, 4) is 0 Å². The highest BCUT2D eigenvalue weighted by molar-refractivity contribution is 5.78. The summed E-state index contributed by atoms with van der Waals surface area (Å²) in [6, 6.07) is -0.177. The van der Waals surface area contributed by atoms with Gasteiger partial charge in [0.15, 0.2) is 6.10 Å². The number of aliphatic carboxylic acids is 1. The van der Waals surface area contributed by atoms with Crippen molar-refractivity contribution >= 4 is 11.9 Å². The third-order valence-corrected chi connectivity index (χ3v) is 1.88. The van der Waals surface area contributed by atoms with Gasteiger partial charge in [0, 0.05) is 18.9 Å². The summed E-state index contributed by atoms with van der Waals surface area (Å²) in [5, 5.41) is 19.8. The molecule has 0 aromatic heterocycles. The van der Waals surface area contributed by atoms with Crippen molar-refractivity contribution in [3.05, 3.63) is 0 Å². The topological polar surface area (TPSA) is 86.6 Å². The molecule has 1 amide bonds. The zero-order valence-corrected chi connectivity index (χ0v) is 6.49. The zero-order chi connectivity index (χ0) is 9.14. The van der Waals surface area contributed by atoms with Crippen molar-refractivity contribution < 1.29 is 19.8 Å². The normalized spacial score (nSPS) is 25.1. The number of carboxylic acids is 1. The minimum absolute atomic E-state index is 0.0717. The Morgan fingerprint density at radius 2 is 2.42 bits per heavy atom. The predicted octanol–water partition coefficient (Wildman–Crippen LogP) is -0.899. The molecule has 0 bridgehead atoms. The van der Waals surface area contributed by atoms with Crippen LogP contribution in [0.2, 0.25) is 0 Å². The molecule has 5 heteroatoms. The highest BCUT2D eigenvalue weighted by Gasteiger charge is 2.25. The monoisotopic (exact) mass is 173 g/mol. The smallest absolute Gasteiger partial charge is 0.332 e. The van der Waals surface area contributed by atoms with Crippen molar-refractivity contribution in [3.63, 3.8) is 0 Å². The average Bonchev–Trinajstić information content (AvgIpc) is 2.35. The number of aliphatic hydroxyl groups is 1. The van der Waals surface area contributed by atoms with Gasteiger partial charge in [-0.25, -0.2) is 4.79 Å². The minimum atomic E-state index is -1.37. The molecule has 68 valence electrons. The molecular formula is C7H11NO4. The molecule has 0 aliphatic carbocycles. The minimum Gasteiger partial charge on any atom is -0.479 e. The molecule has 0 saturated carbocycles. The molecule has 1 rings (SSSR count). The Bertz CT molecular complexity index is 204. The molecule has 0 aromatic rings. The van der Waals surface area contributed by atoms with E-state index in [9.17, 15) is 9.59 Å². The number of rotatable bonds is 3. The third kappa shape index (κ3) is 2.20. The van der Waals surface area contributed by atoms with E-state index in [0.29, 0.717) is 12.8 Å². The summed E-state index contributed by atoms with van der Waals surface area (Å²) in [4.78, 5) is 20.9. The van der Waals surface area contributed by atoms with Gasteiger partial charge in [0.2, 0.25) is 5.91 Å². The fourth-order valence-electron chi connectivity index (χ4n) is 1.22. The lowest BCUT2D eigenvalue weighted by Crippen LogP contribution is -2.32. The summed E-state index contributed by atoms with van der Waals surface area (Å²) in [6.45, 7) is 0. The second kappa shape index (κ2) is 3.53. The Labute approximate surface area is 69.4 Å². The van der Waals surface area contributed by atoms with Gasteiger partial charge in [0.25, 0.3) is 0 Å². The zero-order valence-electron chi connectivity index (χ0n) is 6.49. The summed E-state index contributed by atoms with van der Waals surface area (Å²) in [7, 11) is 0. The van der Waals surface area contributed by atoms with E-state index in [-0.39, 0.29) is 18.4 Å². The van der Waals surface area contributed by atoms with Gasteiger partial charge in [-0.05, 0) is 6.42 Å². The van der Waals surface area contributed by atoms with Gasteiger partial charge in [-0.2, -0.15) is 0 Å². The first-order chi connectivity index (χ1) is 5.59. The highest BCUT2D eigenvalue weighted by atomic mass is 16.4. The number of hydrogen-bond donors (Lipinski definition) is 3. The Balaban J connectivity index is 2.32. The molecular weight excluding hydrogens is 162 g/mol. The van der Waals surface area contributed by atoms with E-state index in [1.165, 1.54) is 0 Å². The first-order valence-electron chi connectivity index (χ1n) is 3.80. The lowest BCUT2D eigenvalue weighted by molar-refractivity contribution is -0.147. The quantitative estimate of drug-likeness (QED) is 0.516. The summed E-state index contributed by atoms with van der Waals surface area (Å²) >= 11 is 0. The van der Waals surface area contributed by atoms with Crippen molar-refractivity contribution in [2.24, 2.45) is 0 Å². The molecule has 3 N–H and O–H groups in total. The Hall–Kier alpha value is -1.10. The van der Waals surface area contributed by atoms with Crippen LogP contribution in [0, 0.1) is 0 Å². The van der Waals surface area contributed by atoms with Crippen molar-refractivity contribution in [1.82, 2.24) is 5.32 Å². The van der Waals surface area contributed by atoms with Crippen LogP contribution in [0.3, 0.4) is 0 Å². The van der Waals surface area contributed by atoms with E-state index in [1.807, 2.05) is 0 Å². The molecule has 1 aliphatic rings. The molecule has 1 heterocycles. The summed E-state index contributed by atoms with van der Waals surface area (Å²) in [5.74, 6) is -1.31. The van der Waals surface area contributed by atoms with Crippen molar-refractivity contribution in [2.45, 2.75) is 31.4 Å². The fraction of sp³-hybridized carbons (Fsp3) is 0.714. The van der Waals surface area contributed by atoms with Crippen LogP contribution in [0.5, 0.6) is 0 Å². The van der Waals surface area contributed by atoms with Crippen LogP contribution in [0.25, 0.3) is 0 Å². The van der Waals surface area contributed by atoms with E-state index in [2.05, 4.69) is 5.32 Å².